The van der Waals surface area contributed by atoms with E-state index in [1.54, 1.807) is 0 Å². The first-order valence-electron chi connectivity index (χ1n) is 6.26. The molecular weight excluding hydrogens is 289 g/mol. The van der Waals surface area contributed by atoms with Gasteiger partial charge in [0.15, 0.2) is 0 Å². The third-order valence-corrected chi connectivity index (χ3v) is 2.59. The van der Waals surface area contributed by atoms with Crippen molar-refractivity contribution in [2.45, 2.75) is 26.3 Å². The molecule has 0 fully saturated rings. The molecule has 1 aromatic carbocycles. The van der Waals surface area contributed by atoms with Gasteiger partial charge in [-0.3, -0.25) is 0 Å². The van der Waals surface area contributed by atoms with Crippen molar-refractivity contribution >= 4 is 11.7 Å². The third kappa shape index (κ3) is 6.84. The molecule has 0 aliphatic rings. The maximum atomic E-state index is 12.0. The van der Waals surface area contributed by atoms with Crippen LogP contribution in [-0.4, -0.2) is 30.1 Å². The normalized spacial score (nSPS) is 12.9. The highest BCUT2D eigenvalue weighted by molar-refractivity contribution is 5.89. The number of ether oxygens (including phenoxy) is 1. The number of rotatable bonds is 5. The average Bonchev–Trinajstić information content (AvgIpc) is 2.36. The van der Waals surface area contributed by atoms with Gasteiger partial charge < -0.3 is 20.5 Å². The number of carbonyl (C=O) groups is 1. The fourth-order valence-corrected chi connectivity index (χ4v) is 1.35. The maximum Gasteiger partial charge on any atom is 0.573 e. The number of urea groups is 1. The zero-order valence-electron chi connectivity index (χ0n) is 11.6. The first kappa shape index (κ1) is 17.1. The van der Waals surface area contributed by atoms with Crippen LogP contribution < -0.4 is 15.4 Å². The molecule has 2 amide bonds. The van der Waals surface area contributed by atoms with Crippen molar-refractivity contribution < 1.29 is 27.8 Å². The van der Waals surface area contributed by atoms with Gasteiger partial charge in [0.25, 0.3) is 0 Å². The highest BCUT2D eigenvalue weighted by Gasteiger charge is 2.30. The first-order valence-corrected chi connectivity index (χ1v) is 6.26. The Bertz CT molecular complexity index is 461. The van der Waals surface area contributed by atoms with Gasteiger partial charge in [-0.2, -0.15) is 0 Å². The lowest BCUT2D eigenvalue weighted by molar-refractivity contribution is -0.274. The molecule has 0 bridgehead atoms. The van der Waals surface area contributed by atoms with Gasteiger partial charge in [-0.25, -0.2) is 4.79 Å². The maximum absolute atomic E-state index is 12.0. The lowest BCUT2D eigenvalue weighted by atomic mass is 10.1. The Hall–Kier alpha value is -1.96. The molecule has 0 saturated heterocycles. The summed E-state index contributed by atoms with van der Waals surface area (Å²) in [5, 5.41) is 14.4. The smallest absolute Gasteiger partial charge is 0.406 e. The fourth-order valence-electron chi connectivity index (χ4n) is 1.35. The van der Waals surface area contributed by atoms with Gasteiger partial charge in [0, 0.05) is 12.2 Å². The van der Waals surface area contributed by atoms with Crippen LogP contribution in [-0.2, 0) is 0 Å². The average molecular weight is 306 g/mol. The first-order chi connectivity index (χ1) is 9.67. The van der Waals surface area contributed by atoms with Crippen LogP contribution in [0.2, 0.25) is 0 Å². The van der Waals surface area contributed by atoms with Crippen LogP contribution in [0, 0.1) is 5.92 Å². The summed E-state index contributed by atoms with van der Waals surface area (Å²) in [4.78, 5) is 11.5. The number of hydrogen-bond acceptors (Lipinski definition) is 3. The van der Waals surface area contributed by atoms with E-state index in [9.17, 15) is 23.1 Å². The summed E-state index contributed by atoms with van der Waals surface area (Å²) in [6, 6.07) is 4.18. The van der Waals surface area contributed by atoms with Gasteiger partial charge in [-0.15, -0.1) is 13.2 Å². The monoisotopic (exact) mass is 306 g/mol. The van der Waals surface area contributed by atoms with E-state index in [0.29, 0.717) is 5.69 Å². The predicted molar refractivity (Wildman–Crippen MR) is 71.0 cm³/mol. The van der Waals surface area contributed by atoms with E-state index in [4.69, 9.17) is 0 Å². The number of hydrogen-bond donors (Lipinski definition) is 3. The molecule has 0 aromatic heterocycles. The molecule has 0 spiro atoms. The summed E-state index contributed by atoms with van der Waals surface area (Å²) >= 11 is 0. The standard InChI is InChI=1S/C13H17F3N2O3/c1-8(2)11(19)7-17-12(20)18-9-3-5-10(6-4-9)21-13(14,15)16/h3-6,8,11,19H,7H2,1-2H3,(H2,17,18,20). The minimum absolute atomic E-state index is 0.00380. The molecule has 8 heteroatoms. The topological polar surface area (TPSA) is 70.6 Å². The largest absolute Gasteiger partial charge is 0.573 e. The van der Waals surface area contributed by atoms with Crippen molar-refractivity contribution in [2.24, 2.45) is 5.92 Å². The molecule has 0 aliphatic heterocycles. The number of anilines is 1. The Kier molecular flexibility index (Phi) is 5.83. The molecule has 5 nitrogen and oxygen atoms in total. The van der Waals surface area contributed by atoms with E-state index in [-0.39, 0.29) is 18.2 Å². The summed E-state index contributed by atoms with van der Waals surface area (Å²) < 4.78 is 39.6. The Labute approximate surface area is 120 Å². The summed E-state index contributed by atoms with van der Waals surface area (Å²) in [7, 11) is 0. The summed E-state index contributed by atoms with van der Waals surface area (Å²) in [5.74, 6) is -0.368. The Balaban J connectivity index is 2.46. The second-order valence-corrected chi connectivity index (χ2v) is 4.72. The number of amides is 2. The second kappa shape index (κ2) is 7.16. The molecular formula is C13H17F3N2O3. The summed E-state index contributed by atoms with van der Waals surface area (Å²) in [6.45, 7) is 3.70. The van der Waals surface area contributed by atoms with Gasteiger partial charge in [0.1, 0.15) is 5.75 Å². The van der Waals surface area contributed by atoms with Crippen molar-refractivity contribution in [3.63, 3.8) is 0 Å². The van der Waals surface area contributed by atoms with Crippen LogP contribution in [0.5, 0.6) is 5.75 Å². The van der Waals surface area contributed by atoms with Crippen LogP contribution in [0.1, 0.15) is 13.8 Å². The molecule has 0 saturated carbocycles. The minimum atomic E-state index is -4.75. The quantitative estimate of drug-likeness (QED) is 0.783. The van der Waals surface area contributed by atoms with Gasteiger partial charge >= 0.3 is 12.4 Å². The van der Waals surface area contributed by atoms with Gasteiger partial charge in [-0.05, 0) is 30.2 Å². The molecule has 118 valence electrons. The van der Waals surface area contributed by atoms with Crippen LogP contribution in [0.15, 0.2) is 24.3 Å². The molecule has 1 aromatic rings. The number of nitrogens with one attached hydrogen (secondary N) is 2. The number of aliphatic hydroxyl groups is 1. The van der Waals surface area contributed by atoms with E-state index in [2.05, 4.69) is 15.4 Å². The van der Waals surface area contributed by atoms with E-state index in [1.165, 1.54) is 12.1 Å². The van der Waals surface area contributed by atoms with Crippen LogP contribution in [0.3, 0.4) is 0 Å². The van der Waals surface area contributed by atoms with Crippen LogP contribution in [0.25, 0.3) is 0 Å². The Morgan fingerprint density at radius 2 is 1.86 bits per heavy atom. The molecule has 1 unspecified atom stereocenters. The molecule has 0 heterocycles. The van der Waals surface area contributed by atoms with Gasteiger partial charge in [-0.1, -0.05) is 13.8 Å². The van der Waals surface area contributed by atoms with Crippen molar-refractivity contribution in [2.75, 3.05) is 11.9 Å². The highest BCUT2D eigenvalue weighted by Crippen LogP contribution is 2.23. The lowest BCUT2D eigenvalue weighted by Gasteiger charge is -2.15. The van der Waals surface area contributed by atoms with E-state index in [1.807, 2.05) is 13.8 Å². The summed E-state index contributed by atoms with van der Waals surface area (Å²) in [6.07, 6.45) is -5.42. The number of carbonyl (C=O) groups excluding carboxylic acids is 1. The van der Waals surface area contributed by atoms with E-state index < -0.39 is 18.5 Å². The fraction of sp³-hybridized carbons (Fsp3) is 0.462. The minimum Gasteiger partial charge on any atom is -0.406 e. The molecule has 3 N–H and O–H groups in total. The molecule has 21 heavy (non-hydrogen) atoms. The van der Waals surface area contributed by atoms with Gasteiger partial charge in [0.2, 0.25) is 0 Å². The molecule has 0 radical (unpaired) electrons. The molecule has 0 aliphatic carbocycles. The number of aliphatic hydroxyl groups excluding tert-OH is 1. The van der Waals surface area contributed by atoms with E-state index in [0.717, 1.165) is 12.1 Å². The third-order valence-electron chi connectivity index (χ3n) is 2.59. The van der Waals surface area contributed by atoms with Crippen molar-refractivity contribution in [1.82, 2.24) is 5.32 Å². The predicted octanol–water partition coefficient (Wildman–Crippen LogP) is 2.72. The van der Waals surface area contributed by atoms with Crippen molar-refractivity contribution in [3.05, 3.63) is 24.3 Å². The second-order valence-electron chi connectivity index (χ2n) is 4.72. The number of benzene rings is 1. The summed E-state index contributed by atoms with van der Waals surface area (Å²) in [5.41, 5.74) is 0.307. The number of alkyl halides is 3. The molecule has 1 atom stereocenters. The number of halogens is 3. The van der Waals surface area contributed by atoms with E-state index >= 15 is 0 Å². The Morgan fingerprint density at radius 3 is 2.33 bits per heavy atom. The van der Waals surface area contributed by atoms with Crippen molar-refractivity contribution in [1.29, 1.82) is 0 Å². The Morgan fingerprint density at radius 1 is 1.29 bits per heavy atom. The van der Waals surface area contributed by atoms with Crippen LogP contribution in [0.4, 0.5) is 23.7 Å². The molecule has 1 rings (SSSR count). The highest BCUT2D eigenvalue weighted by atomic mass is 19.4. The van der Waals surface area contributed by atoms with Gasteiger partial charge in [0.05, 0.1) is 6.10 Å². The van der Waals surface area contributed by atoms with Crippen LogP contribution >= 0.6 is 0 Å². The SMILES string of the molecule is CC(C)C(O)CNC(=O)Nc1ccc(OC(F)(F)F)cc1. The zero-order chi connectivity index (χ0) is 16.0. The lowest BCUT2D eigenvalue weighted by Crippen LogP contribution is -2.37. The zero-order valence-corrected chi connectivity index (χ0v) is 11.6. The van der Waals surface area contributed by atoms with Crippen molar-refractivity contribution in [3.8, 4) is 5.75 Å².